The monoisotopic (exact) mass is 336 g/mol. The van der Waals surface area contributed by atoms with Crippen molar-refractivity contribution >= 4 is 11.9 Å². The van der Waals surface area contributed by atoms with Crippen LogP contribution in [0, 0.1) is 5.92 Å². The van der Waals surface area contributed by atoms with E-state index in [1.807, 2.05) is 13.8 Å². The molecule has 0 aromatic rings. The number of ether oxygens (including phenoxy) is 1. The normalized spacial score (nSPS) is 21.2. The molecule has 2 aliphatic rings. The summed E-state index contributed by atoms with van der Waals surface area (Å²) in [6, 6.07) is 0. The highest BCUT2D eigenvalue weighted by molar-refractivity contribution is 5.87. The van der Waals surface area contributed by atoms with Crippen LogP contribution in [0.5, 0.6) is 0 Å². The molecule has 136 valence electrons. The van der Waals surface area contributed by atoms with E-state index in [1.54, 1.807) is 6.08 Å². The first kappa shape index (κ1) is 20.5. The van der Waals surface area contributed by atoms with Crippen molar-refractivity contribution in [2.45, 2.75) is 83.7 Å². The van der Waals surface area contributed by atoms with Gasteiger partial charge in [0.1, 0.15) is 5.60 Å². The Hall–Kier alpha value is -1.58. The van der Waals surface area contributed by atoms with Gasteiger partial charge in [0.05, 0.1) is 0 Å². The highest BCUT2D eigenvalue weighted by Gasteiger charge is 2.29. The maximum atomic E-state index is 10.9. The number of carbonyl (C=O) groups excluding carboxylic acids is 1. The Morgan fingerprint density at radius 3 is 2.08 bits per heavy atom. The predicted octanol–water partition coefficient (Wildman–Crippen LogP) is 5.04. The number of hydrogen-bond acceptors (Lipinski definition) is 3. The van der Waals surface area contributed by atoms with Gasteiger partial charge in [-0.2, -0.15) is 0 Å². The van der Waals surface area contributed by atoms with Gasteiger partial charge in [0.2, 0.25) is 0 Å². The Labute approximate surface area is 146 Å². The average Bonchev–Trinajstić information content (AvgIpc) is 2.57. The molecule has 4 nitrogen and oxygen atoms in total. The minimum atomic E-state index is -0.732. The number of allylic oxidation sites excluding steroid dienone is 1. The summed E-state index contributed by atoms with van der Waals surface area (Å²) in [5, 5.41) is 8.86. The number of aliphatic carboxylic acids is 1. The fourth-order valence-corrected chi connectivity index (χ4v) is 3.63. The molecule has 0 radical (unpaired) electrons. The van der Waals surface area contributed by atoms with E-state index in [0.717, 1.165) is 25.7 Å². The second kappa shape index (κ2) is 10.3. The van der Waals surface area contributed by atoms with E-state index in [4.69, 9.17) is 9.84 Å². The van der Waals surface area contributed by atoms with Crippen LogP contribution in [0.15, 0.2) is 24.3 Å². The summed E-state index contributed by atoms with van der Waals surface area (Å²) in [4.78, 5) is 21.7. The maximum Gasteiger partial charge on any atom is 0.331 e. The van der Waals surface area contributed by atoms with Gasteiger partial charge in [-0.3, -0.25) is 0 Å². The molecule has 0 spiro atoms. The lowest BCUT2D eigenvalue weighted by atomic mass is 9.84. The van der Waals surface area contributed by atoms with Crippen molar-refractivity contribution in [3.8, 4) is 0 Å². The number of esters is 1. The number of carboxylic acid groups (broad SMARTS) is 1. The van der Waals surface area contributed by atoms with Gasteiger partial charge in [-0.05, 0) is 58.3 Å². The van der Waals surface area contributed by atoms with Crippen molar-refractivity contribution in [3.05, 3.63) is 24.3 Å². The van der Waals surface area contributed by atoms with Crippen molar-refractivity contribution in [2.24, 2.45) is 5.92 Å². The Morgan fingerprint density at radius 1 is 1.08 bits per heavy atom. The van der Waals surface area contributed by atoms with Gasteiger partial charge in [0, 0.05) is 11.6 Å². The molecule has 0 heterocycles. The molecule has 0 unspecified atom stereocenters. The van der Waals surface area contributed by atoms with E-state index in [-0.39, 0.29) is 11.6 Å². The molecule has 2 aliphatic carbocycles. The molecule has 0 aromatic carbocycles. The van der Waals surface area contributed by atoms with Crippen molar-refractivity contribution in [2.75, 3.05) is 0 Å². The lowest BCUT2D eigenvalue weighted by Gasteiger charge is -2.32. The molecule has 0 aliphatic heterocycles. The SMILES string of the molecule is C=CC(=O)OC1(C)CCCCC1.CC=C(C(=O)O)C1CCCCC1. The minimum Gasteiger partial charge on any atom is -0.478 e. The number of carboxylic acids is 1. The van der Waals surface area contributed by atoms with Crippen molar-refractivity contribution in [3.63, 3.8) is 0 Å². The van der Waals surface area contributed by atoms with E-state index in [0.29, 0.717) is 11.5 Å². The van der Waals surface area contributed by atoms with Crippen LogP contribution in [0.25, 0.3) is 0 Å². The summed E-state index contributed by atoms with van der Waals surface area (Å²) < 4.78 is 5.27. The van der Waals surface area contributed by atoms with Crippen molar-refractivity contribution in [1.82, 2.24) is 0 Å². The summed E-state index contributed by atoms with van der Waals surface area (Å²) in [6.45, 7) is 7.21. The quantitative estimate of drug-likeness (QED) is 0.577. The third-order valence-corrected chi connectivity index (χ3v) is 5.03. The molecule has 4 heteroatoms. The number of rotatable bonds is 4. The second-order valence-electron chi connectivity index (χ2n) is 7.02. The Morgan fingerprint density at radius 2 is 1.62 bits per heavy atom. The van der Waals surface area contributed by atoms with Gasteiger partial charge in [-0.1, -0.05) is 38.3 Å². The minimum absolute atomic E-state index is 0.219. The van der Waals surface area contributed by atoms with E-state index in [1.165, 1.54) is 44.6 Å². The predicted molar refractivity (Wildman–Crippen MR) is 95.7 cm³/mol. The molecule has 2 rings (SSSR count). The van der Waals surface area contributed by atoms with Crippen molar-refractivity contribution < 1.29 is 19.4 Å². The first-order valence-corrected chi connectivity index (χ1v) is 9.17. The van der Waals surface area contributed by atoms with E-state index in [2.05, 4.69) is 6.58 Å². The molecule has 0 atom stereocenters. The summed E-state index contributed by atoms with van der Waals surface area (Å²) in [5.41, 5.74) is 0.401. The van der Waals surface area contributed by atoms with Crippen LogP contribution in [-0.2, 0) is 14.3 Å². The van der Waals surface area contributed by atoms with Gasteiger partial charge >= 0.3 is 11.9 Å². The standard InChI is InChI=1S/2C10H16O2/c1-3-9(11)12-10(2)7-5-4-6-8-10;1-2-9(10(11)12)8-6-4-3-5-7-8/h3H,1,4-8H2,2H3;2,8H,3-7H2,1H3,(H,11,12). The topological polar surface area (TPSA) is 63.6 Å². The molecule has 24 heavy (non-hydrogen) atoms. The van der Waals surface area contributed by atoms with Gasteiger partial charge in [-0.15, -0.1) is 0 Å². The van der Waals surface area contributed by atoms with E-state index >= 15 is 0 Å². The first-order valence-electron chi connectivity index (χ1n) is 9.17. The fourth-order valence-electron chi connectivity index (χ4n) is 3.63. The summed E-state index contributed by atoms with van der Waals surface area (Å²) in [5.74, 6) is -0.704. The zero-order chi connectivity index (χ0) is 18.0. The smallest absolute Gasteiger partial charge is 0.331 e. The summed E-state index contributed by atoms with van der Waals surface area (Å²) in [6.07, 6.45) is 14.3. The summed E-state index contributed by atoms with van der Waals surface area (Å²) in [7, 11) is 0. The Bertz CT molecular complexity index is 452. The summed E-state index contributed by atoms with van der Waals surface area (Å²) >= 11 is 0. The van der Waals surface area contributed by atoms with Crippen LogP contribution in [0.4, 0.5) is 0 Å². The Balaban J connectivity index is 0.000000240. The molecular formula is C20H32O4. The number of carbonyl (C=O) groups is 2. The zero-order valence-corrected chi connectivity index (χ0v) is 15.2. The van der Waals surface area contributed by atoms with E-state index in [9.17, 15) is 9.59 Å². The van der Waals surface area contributed by atoms with Crippen LogP contribution < -0.4 is 0 Å². The lowest BCUT2D eigenvalue weighted by molar-refractivity contribution is -0.154. The molecule has 0 saturated heterocycles. The van der Waals surface area contributed by atoms with Crippen LogP contribution in [0.1, 0.15) is 78.1 Å². The highest BCUT2D eigenvalue weighted by Crippen LogP contribution is 2.31. The maximum absolute atomic E-state index is 10.9. The fraction of sp³-hybridized carbons (Fsp3) is 0.700. The van der Waals surface area contributed by atoms with E-state index < -0.39 is 5.97 Å². The molecule has 1 N–H and O–H groups in total. The van der Waals surface area contributed by atoms with Crippen LogP contribution >= 0.6 is 0 Å². The van der Waals surface area contributed by atoms with Gasteiger partial charge in [0.25, 0.3) is 0 Å². The third kappa shape index (κ3) is 6.90. The lowest BCUT2D eigenvalue weighted by Crippen LogP contribution is -2.33. The molecular weight excluding hydrogens is 304 g/mol. The molecule has 0 bridgehead atoms. The first-order chi connectivity index (χ1) is 11.4. The average molecular weight is 336 g/mol. The molecule has 0 aromatic heterocycles. The molecule has 2 saturated carbocycles. The third-order valence-electron chi connectivity index (χ3n) is 5.03. The van der Waals surface area contributed by atoms with Gasteiger partial charge in [-0.25, -0.2) is 9.59 Å². The van der Waals surface area contributed by atoms with Crippen molar-refractivity contribution in [1.29, 1.82) is 0 Å². The highest BCUT2D eigenvalue weighted by atomic mass is 16.6. The number of hydrogen-bond donors (Lipinski definition) is 1. The van der Waals surface area contributed by atoms with Gasteiger partial charge < -0.3 is 9.84 Å². The van der Waals surface area contributed by atoms with Gasteiger partial charge in [0.15, 0.2) is 0 Å². The second-order valence-corrected chi connectivity index (χ2v) is 7.02. The molecule has 2 fully saturated rings. The largest absolute Gasteiger partial charge is 0.478 e. The van der Waals surface area contributed by atoms with Crippen LogP contribution in [0.3, 0.4) is 0 Å². The Kier molecular flexibility index (Phi) is 8.80. The molecule has 0 amide bonds. The zero-order valence-electron chi connectivity index (χ0n) is 15.2. The van der Waals surface area contributed by atoms with Crippen LogP contribution in [-0.4, -0.2) is 22.6 Å². The van der Waals surface area contributed by atoms with Crippen LogP contribution in [0.2, 0.25) is 0 Å².